The number of benzene rings is 2. The molecule has 0 bridgehead atoms. The summed E-state index contributed by atoms with van der Waals surface area (Å²) in [6.07, 6.45) is 2.72. The van der Waals surface area contributed by atoms with Crippen LogP contribution in [0, 0.1) is 0 Å². The molecular weight excluding hydrogens is 332 g/mol. The number of hydrogen-bond acceptors (Lipinski definition) is 6. The molecule has 2 heterocycles. The Balaban J connectivity index is 1.50. The molecule has 0 aliphatic rings. The van der Waals surface area contributed by atoms with Gasteiger partial charge >= 0.3 is 5.97 Å². The van der Waals surface area contributed by atoms with Crippen molar-refractivity contribution in [2.45, 2.75) is 13.0 Å². The van der Waals surface area contributed by atoms with Gasteiger partial charge in [0.05, 0.1) is 16.8 Å². The summed E-state index contributed by atoms with van der Waals surface area (Å²) < 4.78 is 8.88. The van der Waals surface area contributed by atoms with Crippen molar-refractivity contribution in [3.05, 3.63) is 66.2 Å². The third-order valence-electron chi connectivity index (χ3n) is 4.18. The maximum absolute atomic E-state index is 12.5. The summed E-state index contributed by atoms with van der Waals surface area (Å²) in [6.45, 7) is 1.84. The Bertz CT molecular complexity index is 1050. The summed E-state index contributed by atoms with van der Waals surface area (Å²) in [6, 6.07) is 12.8. The molecule has 0 fully saturated rings. The highest BCUT2D eigenvalue weighted by Gasteiger charge is 2.15. The van der Waals surface area contributed by atoms with Crippen molar-refractivity contribution in [1.82, 2.24) is 29.8 Å². The van der Waals surface area contributed by atoms with Crippen molar-refractivity contribution in [3.8, 4) is 5.69 Å². The summed E-state index contributed by atoms with van der Waals surface area (Å²) in [5, 5.41) is 12.0. The molecule has 0 unspecified atom stereocenters. The second-order valence-corrected chi connectivity index (χ2v) is 5.90. The summed E-state index contributed by atoms with van der Waals surface area (Å²) in [5.74, 6) is -0.388. The van der Waals surface area contributed by atoms with Crippen LogP contribution < -0.4 is 0 Å². The largest absolute Gasteiger partial charge is 0.454 e. The van der Waals surface area contributed by atoms with E-state index in [0.29, 0.717) is 5.56 Å². The van der Waals surface area contributed by atoms with Gasteiger partial charge in [-0.2, -0.15) is 5.10 Å². The molecule has 8 nitrogen and oxygen atoms in total. The van der Waals surface area contributed by atoms with Crippen LogP contribution in [0.3, 0.4) is 0 Å². The fourth-order valence-electron chi connectivity index (χ4n) is 2.69. The molecule has 0 radical (unpaired) electrons. The van der Waals surface area contributed by atoms with Crippen molar-refractivity contribution in [1.29, 1.82) is 0 Å². The lowest BCUT2D eigenvalue weighted by atomic mass is 10.1. The molecule has 0 spiro atoms. The quantitative estimate of drug-likeness (QED) is 0.527. The Morgan fingerprint density at radius 3 is 2.69 bits per heavy atom. The molecule has 4 aromatic rings. The fraction of sp³-hybridized carbons (Fsp3) is 0.167. The van der Waals surface area contributed by atoms with Crippen LogP contribution in [0.15, 0.2) is 55.1 Å². The average molecular weight is 348 g/mol. The number of fused-ring (bicyclic) bond motifs is 1. The molecule has 2 aromatic heterocycles. The van der Waals surface area contributed by atoms with Gasteiger partial charge in [-0.05, 0) is 42.8 Å². The SMILES string of the molecule is C[C@H](OC(=O)c1ccc2nnn(C)c2c1)c1ccc(-n2cncn2)cc1. The topological polar surface area (TPSA) is 87.7 Å². The minimum Gasteiger partial charge on any atom is -0.454 e. The highest BCUT2D eigenvalue weighted by Crippen LogP contribution is 2.21. The van der Waals surface area contributed by atoms with Gasteiger partial charge in [0.2, 0.25) is 0 Å². The van der Waals surface area contributed by atoms with E-state index < -0.39 is 0 Å². The summed E-state index contributed by atoms with van der Waals surface area (Å²) in [5.41, 5.74) is 3.77. The smallest absolute Gasteiger partial charge is 0.338 e. The third kappa shape index (κ3) is 2.92. The maximum Gasteiger partial charge on any atom is 0.338 e. The van der Waals surface area contributed by atoms with Gasteiger partial charge in [-0.25, -0.2) is 19.1 Å². The number of hydrogen-bond donors (Lipinski definition) is 0. The number of aryl methyl sites for hydroxylation is 1. The standard InChI is InChI=1S/C18H16N6O2/c1-12(13-3-6-15(7-4-13)24-11-19-10-20-24)26-18(25)14-5-8-16-17(9-14)23(2)22-21-16/h3-12H,1-2H3/t12-/m0/s1. The van der Waals surface area contributed by atoms with Crippen molar-refractivity contribution in [3.63, 3.8) is 0 Å². The van der Waals surface area contributed by atoms with E-state index in [-0.39, 0.29) is 12.1 Å². The molecule has 2 aromatic carbocycles. The Morgan fingerprint density at radius 1 is 1.15 bits per heavy atom. The van der Waals surface area contributed by atoms with E-state index in [9.17, 15) is 4.79 Å². The predicted octanol–water partition coefficient (Wildman–Crippen LogP) is 2.47. The van der Waals surface area contributed by atoms with E-state index in [1.807, 2.05) is 31.2 Å². The second-order valence-electron chi connectivity index (χ2n) is 5.90. The predicted molar refractivity (Wildman–Crippen MR) is 93.7 cm³/mol. The number of aromatic nitrogens is 6. The van der Waals surface area contributed by atoms with Gasteiger partial charge in [-0.1, -0.05) is 17.3 Å². The number of rotatable bonds is 4. The summed E-state index contributed by atoms with van der Waals surface area (Å²) in [4.78, 5) is 16.4. The van der Waals surface area contributed by atoms with Gasteiger partial charge in [0.25, 0.3) is 0 Å². The first-order chi connectivity index (χ1) is 12.6. The molecule has 0 amide bonds. The van der Waals surface area contributed by atoms with Gasteiger partial charge in [-0.15, -0.1) is 5.10 Å². The number of nitrogens with zero attached hydrogens (tertiary/aromatic N) is 6. The first-order valence-corrected chi connectivity index (χ1v) is 8.07. The highest BCUT2D eigenvalue weighted by atomic mass is 16.5. The minimum absolute atomic E-state index is 0.382. The lowest BCUT2D eigenvalue weighted by Gasteiger charge is -2.14. The Labute approximate surface area is 149 Å². The van der Waals surface area contributed by atoms with Crippen molar-refractivity contribution in [2.24, 2.45) is 7.05 Å². The highest BCUT2D eigenvalue weighted by molar-refractivity contribution is 5.93. The molecule has 0 saturated carbocycles. The average Bonchev–Trinajstić information content (AvgIpc) is 3.32. The monoisotopic (exact) mass is 348 g/mol. The number of ether oxygens (including phenoxy) is 1. The normalized spacial score (nSPS) is 12.2. The third-order valence-corrected chi connectivity index (χ3v) is 4.18. The van der Waals surface area contributed by atoms with Crippen LogP contribution in [0.25, 0.3) is 16.7 Å². The zero-order chi connectivity index (χ0) is 18.1. The van der Waals surface area contributed by atoms with Gasteiger partial charge in [0.15, 0.2) is 0 Å². The van der Waals surface area contributed by atoms with Crippen LogP contribution in [-0.4, -0.2) is 35.7 Å². The zero-order valence-corrected chi connectivity index (χ0v) is 14.3. The maximum atomic E-state index is 12.5. The molecular formula is C18H16N6O2. The molecule has 0 N–H and O–H groups in total. The van der Waals surface area contributed by atoms with Crippen LogP contribution in [0.5, 0.6) is 0 Å². The summed E-state index contributed by atoms with van der Waals surface area (Å²) >= 11 is 0. The van der Waals surface area contributed by atoms with Crippen LogP contribution in [0.1, 0.15) is 28.9 Å². The molecule has 0 saturated heterocycles. The number of carbonyl (C=O) groups is 1. The van der Waals surface area contributed by atoms with Gasteiger partial charge in [-0.3, -0.25) is 0 Å². The van der Waals surface area contributed by atoms with E-state index in [0.717, 1.165) is 22.3 Å². The lowest BCUT2D eigenvalue weighted by Crippen LogP contribution is -2.09. The van der Waals surface area contributed by atoms with Crippen LogP contribution in [0.4, 0.5) is 0 Å². The Kier molecular flexibility index (Phi) is 3.92. The van der Waals surface area contributed by atoms with E-state index >= 15 is 0 Å². The van der Waals surface area contributed by atoms with E-state index in [1.165, 1.54) is 6.33 Å². The van der Waals surface area contributed by atoms with Crippen molar-refractivity contribution in [2.75, 3.05) is 0 Å². The van der Waals surface area contributed by atoms with Crippen LogP contribution in [0.2, 0.25) is 0 Å². The Morgan fingerprint density at radius 2 is 1.96 bits per heavy atom. The fourth-order valence-corrected chi connectivity index (χ4v) is 2.69. The molecule has 4 rings (SSSR count). The van der Waals surface area contributed by atoms with E-state index in [4.69, 9.17) is 4.74 Å². The summed E-state index contributed by atoms with van der Waals surface area (Å²) in [7, 11) is 1.78. The zero-order valence-electron chi connectivity index (χ0n) is 14.3. The van der Waals surface area contributed by atoms with Gasteiger partial charge < -0.3 is 4.74 Å². The van der Waals surface area contributed by atoms with E-state index in [1.54, 1.807) is 40.9 Å². The first kappa shape index (κ1) is 15.9. The molecule has 0 aliphatic carbocycles. The lowest BCUT2D eigenvalue weighted by molar-refractivity contribution is 0.0338. The minimum atomic E-state index is -0.388. The van der Waals surface area contributed by atoms with Gasteiger partial charge in [0.1, 0.15) is 24.3 Å². The van der Waals surface area contributed by atoms with Crippen molar-refractivity contribution < 1.29 is 9.53 Å². The second kappa shape index (κ2) is 6.40. The molecule has 26 heavy (non-hydrogen) atoms. The van der Waals surface area contributed by atoms with E-state index in [2.05, 4.69) is 20.4 Å². The number of esters is 1. The molecule has 1 atom stereocenters. The molecule has 130 valence electrons. The van der Waals surface area contributed by atoms with Crippen molar-refractivity contribution >= 4 is 17.0 Å². The Hall–Kier alpha value is -3.55. The van der Waals surface area contributed by atoms with Gasteiger partial charge in [0, 0.05) is 7.05 Å². The first-order valence-electron chi connectivity index (χ1n) is 8.07. The molecule has 8 heteroatoms. The number of carbonyl (C=O) groups excluding carboxylic acids is 1. The van der Waals surface area contributed by atoms with Crippen LogP contribution >= 0.6 is 0 Å². The van der Waals surface area contributed by atoms with Crippen LogP contribution in [-0.2, 0) is 11.8 Å². The molecule has 0 aliphatic heterocycles.